The van der Waals surface area contributed by atoms with Crippen molar-refractivity contribution in [2.45, 2.75) is 57.4 Å². The fourth-order valence-corrected chi connectivity index (χ4v) is 4.80. The molecule has 0 bridgehead atoms. The quantitative estimate of drug-likeness (QED) is 0.276. The van der Waals surface area contributed by atoms with E-state index in [-0.39, 0.29) is 12.5 Å². The van der Waals surface area contributed by atoms with Crippen molar-refractivity contribution in [1.29, 1.82) is 0 Å². The topological polar surface area (TPSA) is 132 Å². The van der Waals surface area contributed by atoms with Crippen molar-refractivity contribution in [3.63, 3.8) is 0 Å². The van der Waals surface area contributed by atoms with Gasteiger partial charge >= 0.3 is 6.03 Å². The Morgan fingerprint density at radius 3 is 2.70 bits per heavy atom. The van der Waals surface area contributed by atoms with Gasteiger partial charge in [0.2, 0.25) is 12.3 Å². The molecule has 0 aromatic carbocycles. The van der Waals surface area contributed by atoms with E-state index in [2.05, 4.69) is 15.6 Å². The van der Waals surface area contributed by atoms with Gasteiger partial charge in [0.05, 0.1) is 12.5 Å². The lowest BCUT2D eigenvalue weighted by Crippen LogP contribution is -2.52. The van der Waals surface area contributed by atoms with Crippen molar-refractivity contribution in [1.82, 2.24) is 25.6 Å². The van der Waals surface area contributed by atoms with Gasteiger partial charge in [-0.3, -0.25) is 29.9 Å². The number of urea groups is 1. The fraction of sp³-hybridized carbons (Fsp3) is 0.609. The van der Waals surface area contributed by atoms with Crippen molar-refractivity contribution in [3.8, 4) is 0 Å². The van der Waals surface area contributed by atoms with E-state index < -0.39 is 23.9 Å². The minimum Gasteiger partial charge on any atom is -0.337 e. The molecule has 0 spiro atoms. The predicted molar refractivity (Wildman–Crippen MR) is 119 cm³/mol. The minimum absolute atomic E-state index is 0.0995. The number of hydrogen-bond donors (Lipinski definition) is 3. The maximum Gasteiger partial charge on any atom is 0.321 e. The lowest BCUT2D eigenvalue weighted by molar-refractivity contribution is -0.158. The van der Waals surface area contributed by atoms with Crippen LogP contribution in [0.1, 0.15) is 50.6 Å². The third kappa shape index (κ3) is 7.24. The molecule has 10 heteroatoms. The molecule has 5 amide bonds. The summed E-state index contributed by atoms with van der Waals surface area (Å²) in [6, 6.07) is 4.18. The number of imide groups is 1. The zero-order valence-electron chi connectivity index (χ0n) is 18.8. The highest BCUT2D eigenvalue weighted by Gasteiger charge is 2.39. The van der Waals surface area contributed by atoms with Gasteiger partial charge in [-0.05, 0) is 37.3 Å². The number of amides is 5. The van der Waals surface area contributed by atoms with Gasteiger partial charge in [0.15, 0.2) is 0 Å². The van der Waals surface area contributed by atoms with Crippen molar-refractivity contribution in [2.24, 2.45) is 11.8 Å². The number of hydroxylamine groups is 2. The molecule has 180 valence electrons. The molecule has 2 aliphatic rings. The minimum atomic E-state index is -0.742. The molecule has 1 aromatic rings. The third-order valence-electron chi connectivity index (χ3n) is 6.44. The summed E-state index contributed by atoms with van der Waals surface area (Å²) in [6.07, 6.45) is 8.48. The molecule has 0 radical (unpaired) electrons. The van der Waals surface area contributed by atoms with Crippen LogP contribution in [-0.4, -0.2) is 70.1 Å². The Morgan fingerprint density at radius 2 is 2.00 bits per heavy atom. The van der Waals surface area contributed by atoms with Gasteiger partial charge in [-0.1, -0.05) is 31.7 Å². The van der Waals surface area contributed by atoms with E-state index in [1.807, 2.05) is 18.2 Å². The van der Waals surface area contributed by atoms with Crippen LogP contribution < -0.4 is 10.6 Å². The van der Waals surface area contributed by atoms with Crippen LogP contribution >= 0.6 is 0 Å². The number of carbonyl (C=O) groups excluding carboxylic acids is 4. The predicted octanol–water partition coefficient (Wildman–Crippen LogP) is 1.49. The second-order valence-corrected chi connectivity index (χ2v) is 8.82. The van der Waals surface area contributed by atoms with Gasteiger partial charge in [0, 0.05) is 31.4 Å². The summed E-state index contributed by atoms with van der Waals surface area (Å²) in [5.74, 6) is -0.981. The Bertz CT molecular complexity index is 815. The number of rotatable bonds is 10. The molecule has 1 saturated carbocycles. The van der Waals surface area contributed by atoms with Gasteiger partial charge in [-0.2, -0.15) is 0 Å². The molecule has 3 rings (SSSR count). The Hall–Kier alpha value is -3.01. The first-order valence-electron chi connectivity index (χ1n) is 11.7. The molecule has 1 aliphatic carbocycles. The van der Waals surface area contributed by atoms with Gasteiger partial charge in [0.1, 0.15) is 6.04 Å². The summed E-state index contributed by atoms with van der Waals surface area (Å²) in [6.45, 7) is 0.633. The summed E-state index contributed by atoms with van der Waals surface area (Å²) in [5.41, 5.74) is 0.832. The Balaban J connectivity index is 1.54. The van der Waals surface area contributed by atoms with Crippen LogP contribution in [-0.2, 0) is 20.8 Å². The summed E-state index contributed by atoms with van der Waals surface area (Å²) >= 11 is 0. The Labute approximate surface area is 193 Å². The normalized spacial score (nSPS) is 19.2. The molecule has 3 N–H and O–H groups in total. The van der Waals surface area contributed by atoms with E-state index in [0.29, 0.717) is 56.2 Å². The molecule has 2 atom stereocenters. The second kappa shape index (κ2) is 12.3. The zero-order valence-corrected chi connectivity index (χ0v) is 18.8. The monoisotopic (exact) mass is 459 g/mol. The highest BCUT2D eigenvalue weighted by molar-refractivity contribution is 5.99. The molecule has 1 saturated heterocycles. The van der Waals surface area contributed by atoms with Crippen molar-refractivity contribution in [2.75, 3.05) is 19.6 Å². The number of aromatic nitrogens is 1. The van der Waals surface area contributed by atoms with Crippen LogP contribution in [0, 0.1) is 11.8 Å². The number of pyridine rings is 1. The van der Waals surface area contributed by atoms with Gasteiger partial charge in [0.25, 0.3) is 5.91 Å². The number of carbonyl (C=O) groups is 4. The lowest BCUT2D eigenvalue weighted by atomic mass is 9.91. The van der Waals surface area contributed by atoms with Gasteiger partial charge in [-0.25, -0.2) is 9.86 Å². The third-order valence-corrected chi connectivity index (χ3v) is 6.44. The van der Waals surface area contributed by atoms with Crippen molar-refractivity contribution in [3.05, 3.63) is 30.1 Å². The molecule has 10 nitrogen and oxygen atoms in total. The van der Waals surface area contributed by atoms with E-state index in [0.717, 1.165) is 31.4 Å². The average Bonchev–Trinajstić information content (AvgIpc) is 3.51. The number of nitrogens with one attached hydrogen (secondary N) is 2. The van der Waals surface area contributed by atoms with Crippen LogP contribution in [0.3, 0.4) is 0 Å². The Kier molecular flexibility index (Phi) is 9.17. The van der Waals surface area contributed by atoms with Crippen LogP contribution in [0.4, 0.5) is 4.79 Å². The zero-order chi connectivity index (χ0) is 23.6. The van der Waals surface area contributed by atoms with Gasteiger partial charge in [-0.15, -0.1) is 0 Å². The number of nitrogens with zero attached hydrogens (tertiary/aromatic N) is 3. The first-order valence-corrected chi connectivity index (χ1v) is 11.7. The van der Waals surface area contributed by atoms with Crippen LogP contribution in [0.2, 0.25) is 0 Å². The van der Waals surface area contributed by atoms with Crippen LogP contribution in [0.15, 0.2) is 24.4 Å². The van der Waals surface area contributed by atoms with E-state index >= 15 is 0 Å². The van der Waals surface area contributed by atoms with Crippen molar-refractivity contribution >= 4 is 24.3 Å². The second-order valence-electron chi connectivity index (χ2n) is 8.82. The fourth-order valence-electron chi connectivity index (χ4n) is 4.80. The highest BCUT2D eigenvalue weighted by atomic mass is 16.5. The van der Waals surface area contributed by atoms with Crippen molar-refractivity contribution < 1.29 is 24.4 Å². The SMILES string of the molecule is O=CN(O)C[C@@H](CC1CCCC1)C(=O)N1CCCC1C(=O)NC(=O)NCCc1ccccn1. The standard InChI is InChI=1S/C23H33N5O5/c29-16-27(33)15-18(14-17-6-1-2-7-17)22(31)28-13-5-9-20(28)21(30)26-23(32)25-12-10-19-8-3-4-11-24-19/h3-4,8,11,16-18,20,33H,1-2,5-7,9-10,12-15H2,(H2,25,26,30,32)/t18-,20?/m1/s1. The summed E-state index contributed by atoms with van der Waals surface area (Å²) in [4.78, 5) is 54.8. The number of hydrogen-bond acceptors (Lipinski definition) is 6. The van der Waals surface area contributed by atoms with E-state index in [1.54, 1.807) is 6.20 Å². The summed E-state index contributed by atoms with van der Waals surface area (Å²) in [5, 5.41) is 15.2. The van der Waals surface area contributed by atoms with E-state index in [4.69, 9.17) is 0 Å². The molecule has 33 heavy (non-hydrogen) atoms. The van der Waals surface area contributed by atoms with Crippen LogP contribution in [0.5, 0.6) is 0 Å². The van der Waals surface area contributed by atoms with Crippen LogP contribution in [0.25, 0.3) is 0 Å². The smallest absolute Gasteiger partial charge is 0.321 e. The van der Waals surface area contributed by atoms with E-state index in [9.17, 15) is 24.4 Å². The number of likely N-dealkylation sites (tertiary alicyclic amines) is 1. The summed E-state index contributed by atoms with van der Waals surface area (Å²) < 4.78 is 0. The highest BCUT2D eigenvalue weighted by Crippen LogP contribution is 2.32. The maximum atomic E-state index is 13.3. The molecule has 2 fully saturated rings. The first-order chi connectivity index (χ1) is 16.0. The molecule has 1 unspecified atom stereocenters. The molecule has 1 aromatic heterocycles. The molecular weight excluding hydrogens is 426 g/mol. The maximum absolute atomic E-state index is 13.3. The first kappa shape index (κ1) is 24.6. The molecule has 2 heterocycles. The molecular formula is C23H33N5O5. The largest absolute Gasteiger partial charge is 0.337 e. The Morgan fingerprint density at radius 1 is 1.21 bits per heavy atom. The van der Waals surface area contributed by atoms with Gasteiger partial charge < -0.3 is 10.2 Å². The summed E-state index contributed by atoms with van der Waals surface area (Å²) in [7, 11) is 0. The van der Waals surface area contributed by atoms with E-state index in [1.165, 1.54) is 4.90 Å². The average molecular weight is 460 g/mol. The molecule has 1 aliphatic heterocycles. The lowest BCUT2D eigenvalue weighted by Gasteiger charge is -2.30.